The van der Waals surface area contributed by atoms with Gasteiger partial charge in [0.25, 0.3) is 0 Å². The summed E-state index contributed by atoms with van der Waals surface area (Å²) in [4.78, 5) is 16.7. The third-order valence-corrected chi connectivity index (χ3v) is 6.38. The molecule has 2 fully saturated rings. The molecule has 1 aromatic rings. The highest BCUT2D eigenvalue weighted by molar-refractivity contribution is 5.78. The van der Waals surface area contributed by atoms with Crippen LogP contribution in [-0.4, -0.2) is 66.8 Å². The second kappa shape index (κ2) is 8.92. The highest BCUT2D eigenvalue weighted by Gasteiger charge is 2.50. The molecule has 29 heavy (non-hydrogen) atoms. The first-order chi connectivity index (χ1) is 13.9. The number of amides is 2. The van der Waals surface area contributed by atoms with E-state index in [1.165, 1.54) is 5.56 Å². The highest BCUT2D eigenvalue weighted by atomic mass is 16.3. The molecule has 0 aromatic heterocycles. The van der Waals surface area contributed by atoms with Crippen LogP contribution in [-0.2, 0) is 5.54 Å². The Bertz CT molecular complexity index is 741. The molecule has 8 heteroatoms. The molecule has 1 saturated heterocycles. The monoisotopic (exact) mass is 400 g/mol. The van der Waals surface area contributed by atoms with Gasteiger partial charge in [0.2, 0.25) is 0 Å². The first kappa shape index (κ1) is 21.3. The molecular formula is C21H32N6O2. The summed E-state index contributed by atoms with van der Waals surface area (Å²) in [6.45, 7) is 1.30. The summed E-state index contributed by atoms with van der Waals surface area (Å²) in [7, 11) is 4.27. The molecule has 4 N–H and O–H groups in total. The third kappa shape index (κ3) is 4.43. The fourth-order valence-electron chi connectivity index (χ4n) is 4.64. The van der Waals surface area contributed by atoms with Crippen molar-refractivity contribution in [2.45, 2.75) is 36.8 Å². The summed E-state index contributed by atoms with van der Waals surface area (Å²) in [5.41, 5.74) is 8.90. The van der Waals surface area contributed by atoms with E-state index in [0.717, 1.165) is 25.7 Å². The Kier molecular flexibility index (Phi) is 6.54. The zero-order valence-corrected chi connectivity index (χ0v) is 17.3. The van der Waals surface area contributed by atoms with Gasteiger partial charge in [-0.05, 0) is 45.3 Å². The van der Waals surface area contributed by atoms with Crippen LogP contribution in [0.5, 0.6) is 0 Å². The van der Waals surface area contributed by atoms with Crippen LogP contribution in [0, 0.1) is 5.53 Å². The number of benzene rings is 1. The number of nitrogens with one attached hydrogen (secondary N) is 3. The third-order valence-electron chi connectivity index (χ3n) is 6.38. The molecule has 1 aliphatic heterocycles. The van der Waals surface area contributed by atoms with Crippen molar-refractivity contribution in [1.82, 2.24) is 20.4 Å². The van der Waals surface area contributed by atoms with E-state index in [1.54, 1.807) is 11.1 Å². The van der Waals surface area contributed by atoms with Gasteiger partial charge in [-0.2, -0.15) is 5.11 Å². The Balaban J connectivity index is 1.68. The highest BCUT2D eigenvalue weighted by Crippen LogP contribution is 2.45. The Morgan fingerprint density at radius 2 is 2.00 bits per heavy atom. The standard InChI is InChI=1S/C21H32N6O2/c1-26(2)21(17-6-4-3-5-7-17)10-8-20(9-11-21)16-27(19(29)24-20)15-18(25-22)14-23-12-13-28/h3-7,14,22-23,28H,8-13,15-16H2,1-2H3,(H,24,29)/b18-14-,25-22?. The molecule has 1 saturated carbocycles. The van der Waals surface area contributed by atoms with Gasteiger partial charge in [-0.3, -0.25) is 4.90 Å². The maximum atomic E-state index is 12.6. The van der Waals surface area contributed by atoms with Crippen molar-refractivity contribution in [3.8, 4) is 0 Å². The molecule has 0 atom stereocenters. The molecule has 2 aliphatic rings. The summed E-state index contributed by atoms with van der Waals surface area (Å²) in [5.74, 6) is 0. The minimum absolute atomic E-state index is 0.00410. The lowest BCUT2D eigenvalue weighted by atomic mass is 9.69. The van der Waals surface area contributed by atoms with Gasteiger partial charge in [0.05, 0.1) is 24.4 Å². The Morgan fingerprint density at radius 1 is 1.31 bits per heavy atom. The van der Waals surface area contributed by atoms with E-state index >= 15 is 0 Å². The molecule has 1 spiro atoms. The molecule has 0 radical (unpaired) electrons. The number of aliphatic hydroxyl groups is 1. The van der Waals surface area contributed by atoms with E-state index in [2.05, 4.69) is 59.0 Å². The van der Waals surface area contributed by atoms with Gasteiger partial charge >= 0.3 is 6.03 Å². The van der Waals surface area contributed by atoms with E-state index in [0.29, 0.717) is 18.8 Å². The van der Waals surface area contributed by atoms with Crippen molar-refractivity contribution in [2.24, 2.45) is 5.11 Å². The van der Waals surface area contributed by atoms with Crippen LogP contribution in [0.1, 0.15) is 31.2 Å². The average molecular weight is 401 g/mol. The number of rotatable bonds is 8. The molecule has 0 unspecified atom stereocenters. The van der Waals surface area contributed by atoms with Crippen LogP contribution >= 0.6 is 0 Å². The first-order valence-corrected chi connectivity index (χ1v) is 10.2. The van der Waals surface area contributed by atoms with Gasteiger partial charge in [0.15, 0.2) is 0 Å². The fraction of sp³-hybridized carbons (Fsp3) is 0.571. The SMILES string of the molecule is CN(C)C1(c2ccccc2)CCC2(CC1)CN(C/C(=C/NCCO)N=N)C(=O)N2. The lowest BCUT2D eigenvalue weighted by Crippen LogP contribution is -2.54. The number of nitrogens with zero attached hydrogens (tertiary/aromatic N) is 3. The van der Waals surface area contributed by atoms with Crippen molar-refractivity contribution < 1.29 is 9.90 Å². The molecule has 0 bridgehead atoms. The Hall–Kier alpha value is -2.45. The van der Waals surface area contributed by atoms with Crippen molar-refractivity contribution in [2.75, 3.05) is 40.3 Å². The fourth-order valence-corrected chi connectivity index (χ4v) is 4.64. The Morgan fingerprint density at radius 3 is 2.59 bits per heavy atom. The number of hydrogen-bond acceptors (Lipinski definition) is 6. The van der Waals surface area contributed by atoms with Crippen LogP contribution < -0.4 is 10.6 Å². The Labute approximate surface area is 172 Å². The average Bonchev–Trinajstić information content (AvgIpc) is 3.03. The smallest absolute Gasteiger partial charge is 0.318 e. The summed E-state index contributed by atoms with van der Waals surface area (Å²) in [6.07, 6.45) is 5.35. The van der Waals surface area contributed by atoms with Crippen molar-refractivity contribution in [1.29, 1.82) is 5.53 Å². The van der Waals surface area contributed by atoms with Crippen LogP contribution in [0.25, 0.3) is 0 Å². The zero-order valence-electron chi connectivity index (χ0n) is 17.3. The summed E-state index contributed by atoms with van der Waals surface area (Å²) in [6, 6.07) is 10.5. The van der Waals surface area contributed by atoms with Crippen molar-refractivity contribution in [3.63, 3.8) is 0 Å². The van der Waals surface area contributed by atoms with Crippen LogP contribution in [0.4, 0.5) is 4.79 Å². The summed E-state index contributed by atoms with van der Waals surface area (Å²) < 4.78 is 0. The second-order valence-corrected chi connectivity index (χ2v) is 8.28. The van der Waals surface area contributed by atoms with Crippen LogP contribution in [0.3, 0.4) is 0 Å². The summed E-state index contributed by atoms with van der Waals surface area (Å²) in [5, 5.41) is 18.5. The molecule has 2 amide bonds. The minimum Gasteiger partial charge on any atom is -0.395 e. The first-order valence-electron chi connectivity index (χ1n) is 10.2. The molecule has 3 rings (SSSR count). The van der Waals surface area contributed by atoms with E-state index < -0.39 is 0 Å². The van der Waals surface area contributed by atoms with Crippen molar-refractivity contribution in [3.05, 3.63) is 47.8 Å². The van der Waals surface area contributed by atoms with Gasteiger partial charge in [-0.1, -0.05) is 30.3 Å². The van der Waals surface area contributed by atoms with Gasteiger partial charge in [0.1, 0.15) is 0 Å². The predicted octanol–water partition coefficient (Wildman–Crippen LogP) is 2.24. The molecule has 158 valence electrons. The van der Waals surface area contributed by atoms with Crippen LogP contribution in [0.15, 0.2) is 47.3 Å². The van der Waals surface area contributed by atoms with Crippen molar-refractivity contribution >= 4 is 6.03 Å². The largest absolute Gasteiger partial charge is 0.395 e. The van der Waals surface area contributed by atoms with E-state index in [-0.39, 0.29) is 30.3 Å². The lowest BCUT2D eigenvalue weighted by Gasteiger charge is -2.48. The molecule has 8 nitrogen and oxygen atoms in total. The second-order valence-electron chi connectivity index (χ2n) is 8.28. The van der Waals surface area contributed by atoms with Gasteiger partial charge in [0, 0.05) is 24.8 Å². The molecule has 1 aromatic carbocycles. The number of urea groups is 1. The maximum Gasteiger partial charge on any atom is 0.318 e. The zero-order chi connectivity index (χ0) is 20.9. The minimum atomic E-state index is -0.225. The molecule has 1 heterocycles. The van der Waals surface area contributed by atoms with Crippen LogP contribution in [0.2, 0.25) is 0 Å². The van der Waals surface area contributed by atoms with Gasteiger partial charge < -0.3 is 20.6 Å². The van der Waals surface area contributed by atoms with Gasteiger partial charge in [-0.25, -0.2) is 10.3 Å². The molecule has 1 aliphatic carbocycles. The lowest BCUT2D eigenvalue weighted by molar-refractivity contribution is 0.0622. The van der Waals surface area contributed by atoms with E-state index in [9.17, 15) is 4.79 Å². The normalized spacial score (nSPS) is 27.4. The van der Waals surface area contributed by atoms with E-state index in [1.807, 2.05) is 6.07 Å². The molecular weight excluding hydrogens is 368 g/mol. The quantitative estimate of drug-likeness (QED) is 0.397. The number of hydrogen-bond donors (Lipinski definition) is 4. The summed E-state index contributed by atoms with van der Waals surface area (Å²) >= 11 is 0. The number of aliphatic hydroxyl groups excluding tert-OH is 1. The number of carbonyl (C=O) groups is 1. The van der Waals surface area contributed by atoms with Gasteiger partial charge in [-0.15, -0.1) is 0 Å². The number of carbonyl (C=O) groups excluding carboxylic acids is 1. The van der Waals surface area contributed by atoms with E-state index in [4.69, 9.17) is 10.6 Å². The predicted molar refractivity (Wildman–Crippen MR) is 111 cm³/mol. The maximum absolute atomic E-state index is 12.6. The topological polar surface area (TPSA) is 104 Å².